The standard InChI is InChI=1S/C19H25FN2/c1-4-21(5-2)19-12-16(3)11-18(13-19)15-22(20)14-17-9-7-6-8-10-17/h6-13H,4-5,14-15H2,1-3H3. The zero-order chi connectivity index (χ0) is 15.9. The van der Waals surface area contributed by atoms with Crippen molar-refractivity contribution in [1.29, 1.82) is 0 Å². The summed E-state index contributed by atoms with van der Waals surface area (Å²) in [6, 6.07) is 16.0. The summed E-state index contributed by atoms with van der Waals surface area (Å²) >= 11 is 0. The molecule has 0 fully saturated rings. The summed E-state index contributed by atoms with van der Waals surface area (Å²) in [7, 11) is 0. The lowest BCUT2D eigenvalue weighted by molar-refractivity contribution is 0.00617. The lowest BCUT2D eigenvalue weighted by Gasteiger charge is -2.23. The SMILES string of the molecule is CCN(CC)c1cc(C)cc(CN(F)Cc2ccccc2)c1. The maximum Gasteiger partial charge on any atom is 0.0545 e. The number of hydrogen-bond acceptors (Lipinski definition) is 2. The summed E-state index contributed by atoms with van der Waals surface area (Å²) in [5, 5.41) is 0.871. The molecular formula is C19H25FN2. The van der Waals surface area contributed by atoms with E-state index in [1.54, 1.807) is 0 Å². The van der Waals surface area contributed by atoms with Crippen LogP contribution in [0.5, 0.6) is 0 Å². The summed E-state index contributed by atoms with van der Waals surface area (Å²) in [6.07, 6.45) is 0. The molecule has 118 valence electrons. The topological polar surface area (TPSA) is 6.48 Å². The van der Waals surface area contributed by atoms with Gasteiger partial charge in [-0.1, -0.05) is 36.4 Å². The van der Waals surface area contributed by atoms with E-state index in [1.165, 1.54) is 11.3 Å². The molecule has 3 heteroatoms. The van der Waals surface area contributed by atoms with Crippen molar-refractivity contribution < 1.29 is 4.48 Å². The van der Waals surface area contributed by atoms with E-state index in [1.807, 2.05) is 30.3 Å². The number of benzene rings is 2. The Morgan fingerprint density at radius 3 is 2.14 bits per heavy atom. The first-order valence-electron chi connectivity index (χ1n) is 7.92. The summed E-state index contributed by atoms with van der Waals surface area (Å²) < 4.78 is 14.2. The fraction of sp³-hybridized carbons (Fsp3) is 0.368. The van der Waals surface area contributed by atoms with Gasteiger partial charge in [-0.3, -0.25) is 0 Å². The van der Waals surface area contributed by atoms with Crippen LogP contribution in [0.2, 0.25) is 0 Å². The molecule has 0 aliphatic rings. The van der Waals surface area contributed by atoms with Crippen LogP contribution >= 0.6 is 0 Å². The minimum absolute atomic E-state index is 0.310. The van der Waals surface area contributed by atoms with Gasteiger partial charge in [-0.05, 0) is 49.6 Å². The van der Waals surface area contributed by atoms with Gasteiger partial charge in [-0.15, -0.1) is 9.60 Å². The molecule has 2 aromatic rings. The van der Waals surface area contributed by atoms with Crippen LogP contribution in [0.4, 0.5) is 10.2 Å². The van der Waals surface area contributed by atoms with E-state index in [-0.39, 0.29) is 0 Å². The summed E-state index contributed by atoms with van der Waals surface area (Å²) in [5.74, 6) is 0. The van der Waals surface area contributed by atoms with Crippen LogP contribution in [0.25, 0.3) is 0 Å². The molecule has 0 bridgehead atoms. The van der Waals surface area contributed by atoms with Gasteiger partial charge in [0.1, 0.15) is 0 Å². The van der Waals surface area contributed by atoms with Crippen LogP contribution in [-0.4, -0.2) is 18.2 Å². The number of nitrogens with zero attached hydrogens (tertiary/aromatic N) is 2. The van der Waals surface area contributed by atoms with Crippen molar-refractivity contribution in [2.75, 3.05) is 18.0 Å². The van der Waals surface area contributed by atoms with Crippen molar-refractivity contribution in [3.63, 3.8) is 0 Å². The Labute approximate surface area is 133 Å². The Kier molecular flexibility index (Phi) is 5.96. The van der Waals surface area contributed by atoms with Gasteiger partial charge in [-0.25, -0.2) is 0 Å². The minimum Gasteiger partial charge on any atom is -0.372 e. The highest BCUT2D eigenvalue weighted by Crippen LogP contribution is 2.21. The summed E-state index contributed by atoms with van der Waals surface area (Å²) in [4.78, 5) is 2.29. The van der Waals surface area contributed by atoms with Gasteiger partial charge in [0.2, 0.25) is 0 Å². The van der Waals surface area contributed by atoms with Gasteiger partial charge in [0.15, 0.2) is 0 Å². The van der Waals surface area contributed by atoms with E-state index in [4.69, 9.17) is 0 Å². The highest BCUT2D eigenvalue weighted by Gasteiger charge is 2.09. The lowest BCUT2D eigenvalue weighted by atomic mass is 10.1. The van der Waals surface area contributed by atoms with E-state index < -0.39 is 0 Å². The molecule has 0 amide bonds. The monoisotopic (exact) mass is 300 g/mol. The number of anilines is 1. The maximum absolute atomic E-state index is 14.2. The molecule has 2 aromatic carbocycles. The van der Waals surface area contributed by atoms with Crippen molar-refractivity contribution in [2.45, 2.75) is 33.9 Å². The fourth-order valence-corrected chi connectivity index (χ4v) is 2.74. The Bertz CT molecular complexity index is 579. The number of halogens is 1. The van der Waals surface area contributed by atoms with Gasteiger partial charge < -0.3 is 4.90 Å². The van der Waals surface area contributed by atoms with Crippen molar-refractivity contribution in [2.24, 2.45) is 0 Å². The summed E-state index contributed by atoms with van der Waals surface area (Å²) in [6.45, 7) is 8.90. The van der Waals surface area contributed by atoms with E-state index in [0.717, 1.165) is 29.3 Å². The van der Waals surface area contributed by atoms with Gasteiger partial charge in [0.25, 0.3) is 0 Å². The van der Waals surface area contributed by atoms with Crippen LogP contribution < -0.4 is 4.90 Å². The van der Waals surface area contributed by atoms with Crippen LogP contribution in [0, 0.1) is 6.92 Å². The second-order valence-electron chi connectivity index (χ2n) is 5.61. The summed E-state index contributed by atoms with van der Waals surface area (Å²) in [5.41, 5.74) is 4.35. The van der Waals surface area contributed by atoms with E-state index in [9.17, 15) is 4.48 Å². The minimum atomic E-state index is 0.310. The molecule has 0 spiro atoms. The molecule has 0 heterocycles. The zero-order valence-corrected chi connectivity index (χ0v) is 13.7. The van der Waals surface area contributed by atoms with Crippen LogP contribution in [0.3, 0.4) is 0 Å². The average Bonchev–Trinajstić information content (AvgIpc) is 2.48. The molecule has 0 radical (unpaired) electrons. The van der Waals surface area contributed by atoms with E-state index >= 15 is 0 Å². The van der Waals surface area contributed by atoms with Crippen molar-refractivity contribution in [1.82, 2.24) is 5.12 Å². The second kappa shape index (κ2) is 7.95. The van der Waals surface area contributed by atoms with E-state index in [2.05, 4.69) is 43.9 Å². The molecule has 0 aliphatic carbocycles. The van der Waals surface area contributed by atoms with Gasteiger partial charge in [-0.2, -0.15) is 0 Å². The molecule has 0 N–H and O–H groups in total. The van der Waals surface area contributed by atoms with Crippen molar-refractivity contribution in [3.05, 3.63) is 65.2 Å². The first-order chi connectivity index (χ1) is 10.6. The molecule has 2 rings (SSSR count). The quantitative estimate of drug-likeness (QED) is 0.682. The molecule has 0 unspecified atom stereocenters. The molecule has 22 heavy (non-hydrogen) atoms. The smallest absolute Gasteiger partial charge is 0.0545 e. The van der Waals surface area contributed by atoms with Gasteiger partial charge >= 0.3 is 0 Å². The zero-order valence-electron chi connectivity index (χ0n) is 13.7. The largest absolute Gasteiger partial charge is 0.372 e. The average molecular weight is 300 g/mol. The molecule has 2 nitrogen and oxygen atoms in total. The lowest BCUT2D eigenvalue weighted by Crippen LogP contribution is -2.22. The van der Waals surface area contributed by atoms with Gasteiger partial charge in [0.05, 0.1) is 13.1 Å². The first-order valence-corrected chi connectivity index (χ1v) is 7.92. The molecule has 0 saturated heterocycles. The molecule has 0 saturated carbocycles. The Morgan fingerprint density at radius 2 is 1.50 bits per heavy atom. The number of hydrogen-bond donors (Lipinski definition) is 0. The third kappa shape index (κ3) is 4.57. The van der Waals surface area contributed by atoms with Crippen LogP contribution in [-0.2, 0) is 13.1 Å². The maximum atomic E-state index is 14.2. The molecular weight excluding hydrogens is 275 g/mol. The third-order valence-electron chi connectivity index (χ3n) is 3.80. The third-order valence-corrected chi connectivity index (χ3v) is 3.80. The highest BCUT2D eigenvalue weighted by atomic mass is 19.2. The molecule has 0 aromatic heterocycles. The predicted molar refractivity (Wildman–Crippen MR) is 91.5 cm³/mol. The van der Waals surface area contributed by atoms with Crippen LogP contribution in [0.1, 0.15) is 30.5 Å². The highest BCUT2D eigenvalue weighted by molar-refractivity contribution is 5.51. The number of aryl methyl sites for hydroxylation is 1. The van der Waals surface area contributed by atoms with Crippen molar-refractivity contribution >= 4 is 5.69 Å². The second-order valence-corrected chi connectivity index (χ2v) is 5.61. The Hall–Kier alpha value is -1.87. The van der Waals surface area contributed by atoms with Crippen molar-refractivity contribution in [3.8, 4) is 0 Å². The normalized spacial score (nSPS) is 11.0. The Morgan fingerprint density at radius 1 is 0.864 bits per heavy atom. The Balaban J connectivity index is 2.08. The van der Waals surface area contributed by atoms with Crippen LogP contribution in [0.15, 0.2) is 48.5 Å². The molecule has 0 aliphatic heterocycles. The van der Waals surface area contributed by atoms with E-state index in [0.29, 0.717) is 13.1 Å². The first kappa shape index (κ1) is 16.5. The van der Waals surface area contributed by atoms with Gasteiger partial charge in [0, 0.05) is 18.8 Å². The molecule has 0 atom stereocenters. The predicted octanol–water partition coefficient (Wildman–Crippen LogP) is 4.73. The number of rotatable bonds is 7. The fourth-order valence-electron chi connectivity index (χ4n) is 2.74.